The minimum Gasteiger partial charge on any atom is -0.463 e. The Kier molecular flexibility index (Phi) is 5.64. The van der Waals surface area contributed by atoms with E-state index in [1.165, 1.54) is 0 Å². The highest BCUT2D eigenvalue weighted by Crippen LogP contribution is 2.35. The molecule has 168 valence electrons. The maximum atomic E-state index is 13.3. The van der Waals surface area contributed by atoms with Crippen LogP contribution in [0.15, 0.2) is 76.3 Å². The Labute approximate surface area is 196 Å². The molecule has 2 aliphatic rings. The zero-order chi connectivity index (χ0) is 22.8. The van der Waals surface area contributed by atoms with E-state index >= 15 is 0 Å². The third kappa shape index (κ3) is 4.24. The number of likely N-dealkylation sites (tertiary alicyclic amines) is 1. The van der Waals surface area contributed by atoms with Crippen LogP contribution in [0.1, 0.15) is 29.7 Å². The number of benzene rings is 2. The van der Waals surface area contributed by atoms with Crippen LogP contribution >= 0.6 is 11.6 Å². The molecule has 33 heavy (non-hydrogen) atoms. The van der Waals surface area contributed by atoms with Crippen molar-refractivity contribution in [1.29, 1.82) is 0 Å². The van der Waals surface area contributed by atoms with Crippen LogP contribution in [-0.4, -0.2) is 41.2 Å². The number of carbonyl (C=O) groups excluding carboxylic acids is 2. The number of hydrogen-bond donors (Lipinski definition) is 1. The fourth-order valence-corrected chi connectivity index (χ4v) is 4.37. The van der Waals surface area contributed by atoms with Gasteiger partial charge in [0.15, 0.2) is 5.76 Å². The van der Waals surface area contributed by atoms with Crippen LogP contribution in [0, 0.1) is 0 Å². The molecule has 2 amide bonds. The molecule has 3 aromatic rings. The van der Waals surface area contributed by atoms with Crippen LogP contribution in [0.4, 0.5) is 10.5 Å². The van der Waals surface area contributed by atoms with Gasteiger partial charge in [0, 0.05) is 23.7 Å². The Morgan fingerprint density at radius 1 is 1.12 bits per heavy atom. The quantitative estimate of drug-likeness (QED) is 0.599. The van der Waals surface area contributed by atoms with Gasteiger partial charge in [-0.05, 0) is 48.7 Å². The van der Waals surface area contributed by atoms with E-state index in [0.29, 0.717) is 53.7 Å². The molecule has 1 saturated heterocycles. The summed E-state index contributed by atoms with van der Waals surface area (Å²) >= 11 is 6.24. The molecule has 0 aliphatic carbocycles. The fourth-order valence-electron chi connectivity index (χ4n) is 4.19. The SMILES string of the molecule is O=C(OCc1ccccc1)N1CCC2(CC1)N=C(c1ccco1)c1cc(Cl)ccc1NC2=O. The number of amides is 2. The van der Waals surface area contributed by atoms with E-state index in [2.05, 4.69) is 5.32 Å². The molecule has 2 aromatic carbocycles. The van der Waals surface area contributed by atoms with Gasteiger partial charge < -0.3 is 19.4 Å². The van der Waals surface area contributed by atoms with Gasteiger partial charge in [-0.25, -0.2) is 4.79 Å². The Bertz CT molecular complexity index is 1200. The van der Waals surface area contributed by atoms with Gasteiger partial charge in [-0.1, -0.05) is 41.9 Å². The van der Waals surface area contributed by atoms with Crippen molar-refractivity contribution in [1.82, 2.24) is 4.90 Å². The topological polar surface area (TPSA) is 84.1 Å². The van der Waals surface area contributed by atoms with Crippen molar-refractivity contribution in [3.63, 3.8) is 0 Å². The molecule has 1 aromatic heterocycles. The lowest BCUT2D eigenvalue weighted by Gasteiger charge is -2.37. The van der Waals surface area contributed by atoms with Crippen molar-refractivity contribution >= 4 is 35.0 Å². The van der Waals surface area contributed by atoms with Crippen molar-refractivity contribution in [2.45, 2.75) is 25.0 Å². The molecular weight excluding hydrogens is 442 g/mol. The number of nitrogens with zero attached hydrogens (tertiary/aromatic N) is 2. The first-order valence-corrected chi connectivity index (χ1v) is 11.1. The van der Waals surface area contributed by atoms with Gasteiger partial charge in [-0.15, -0.1) is 0 Å². The van der Waals surface area contributed by atoms with Crippen LogP contribution in [0.5, 0.6) is 0 Å². The lowest BCUT2D eigenvalue weighted by molar-refractivity contribution is -0.122. The van der Waals surface area contributed by atoms with Gasteiger partial charge in [0.1, 0.15) is 17.9 Å². The molecule has 1 spiro atoms. The highest BCUT2D eigenvalue weighted by atomic mass is 35.5. The van der Waals surface area contributed by atoms with Crippen molar-refractivity contribution < 1.29 is 18.7 Å². The first-order valence-electron chi connectivity index (χ1n) is 10.7. The molecule has 1 fully saturated rings. The average Bonchev–Trinajstić information content (AvgIpc) is 3.34. The number of carbonyl (C=O) groups is 2. The normalized spacial score (nSPS) is 17.1. The fraction of sp³-hybridized carbons (Fsp3) is 0.240. The molecule has 3 heterocycles. The first-order chi connectivity index (χ1) is 16.0. The first kappa shape index (κ1) is 21.3. The summed E-state index contributed by atoms with van der Waals surface area (Å²) in [7, 11) is 0. The number of halogens is 1. The molecule has 0 atom stereocenters. The van der Waals surface area contributed by atoms with E-state index in [4.69, 9.17) is 25.7 Å². The van der Waals surface area contributed by atoms with E-state index in [1.54, 1.807) is 35.4 Å². The standard InChI is InChI=1S/C25H22ClN3O4/c26-18-8-9-20-19(15-18)22(21-7-4-14-32-21)28-25(23(30)27-20)10-12-29(13-11-25)24(31)33-16-17-5-2-1-3-6-17/h1-9,14-15H,10-13,16H2,(H,27,30). The number of fused-ring (bicyclic) bond motifs is 1. The van der Waals surface area contributed by atoms with Gasteiger partial charge in [0.05, 0.1) is 12.0 Å². The molecule has 8 heteroatoms. The average molecular weight is 464 g/mol. The highest BCUT2D eigenvalue weighted by molar-refractivity contribution is 6.32. The number of ether oxygens (including phenoxy) is 1. The van der Waals surface area contributed by atoms with Crippen LogP contribution in [0.3, 0.4) is 0 Å². The summed E-state index contributed by atoms with van der Waals surface area (Å²) in [6, 6.07) is 18.4. The van der Waals surface area contributed by atoms with E-state index in [-0.39, 0.29) is 12.5 Å². The summed E-state index contributed by atoms with van der Waals surface area (Å²) in [4.78, 5) is 32.5. The van der Waals surface area contributed by atoms with Gasteiger partial charge in [-0.2, -0.15) is 0 Å². The zero-order valence-corrected chi connectivity index (χ0v) is 18.5. The summed E-state index contributed by atoms with van der Waals surface area (Å²) in [5.41, 5.74) is 1.79. The maximum absolute atomic E-state index is 13.3. The predicted octanol–water partition coefficient (Wildman–Crippen LogP) is 4.89. The number of rotatable bonds is 3. The number of anilines is 1. The Morgan fingerprint density at radius 3 is 2.64 bits per heavy atom. The summed E-state index contributed by atoms with van der Waals surface area (Å²) in [5, 5.41) is 3.54. The smallest absolute Gasteiger partial charge is 0.410 e. The summed E-state index contributed by atoms with van der Waals surface area (Å²) in [5.74, 6) is 0.351. The second-order valence-electron chi connectivity index (χ2n) is 8.14. The van der Waals surface area contributed by atoms with Crippen LogP contribution < -0.4 is 5.32 Å². The van der Waals surface area contributed by atoms with Crippen molar-refractivity contribution in [2.24, 2.45) is 4.99 Å². The molecule has 2 aliphatic heterocycles. The zero-order valence-electron chi connectivity index (χ0n) is 17.8. The molecule has 0 saturated carbocycles. The lowest BCUT2D eigenvalue weighted by atomic mass is 9.87. The van der Waals surface area contributed by atoms with Crippen LogP contribution in [-0.2, 0) is 16.1 Å². The number of nitrogens with one attached hydrogen (secondary N) is 1. The molecule has 7 nitrogen and oxygen atoms in total. The molecule has 1 N–H and O–H groups in total. The summed E-state index contributed by atoms with van der Waals surface area (Å²) in [6.45, 7) is 0.915. The van der Waals surface area contributed by atoms with E-state index in [9.17, 15) is 9.59 Å². The van der Waals surface area contributed by atoms with E-state index in [1.807, 2.05) is 36.4 Å². The number of furan rings is 1. The van der Waals surface area contributed by atoms with Gasteiger partial charge in [0.25, 0.3) is 5.91 Å². The lowest BCUT2D eigenvalue weighted by Crippen LogP contribution is -2.51. The molecule has 0 bridgehead atoms. The largest absolute Gasteiger partial charge is 0.463 e. The van der Waals surface area contributed by atoms with Gasteiger partial charge in [0.2, 0.25) is 0 Å². The number of hydrogen-bond acceptors (Lipinski definition) is 5. The van der Waals surface area contributed by atoms with Crippen molar-refractivity contribution in [3.05, 3.63) is 88.8 Å². The molecular formula is C25H22ClN3O4. The number of piperidine rings is 1. The van der Waals surface area contributed by atoms with E-state index in [0.717, 1.165) is 5.56 Å². The van der Waals surface area contributed by atoms with Crippen LogP contribution in [0.2, 0.25) is 5.02 Å². The van der Waals surface area contributed by atoms with Gasteiger partial charge >= 0.3 is 6.09 Å². The second-order valence-corrected chi connectivity index (χ2v) is 8.58. The maximum Gasteiger partial charge on any atom is 0.410 e. The third-order valence-corrected chi connectivity index (χ3v) is 6.28. The monoisotopic (exact) mass is 463 g/mol. The van der Waals surface area contributed by atoms with Crippen LogP contribution in [0.25, 0.3) is 0 Å². The number of aliphatic imine (C=N–C) groups is 1. The summed E-state index contributed by atoms with van der Waals surface area (Å²) in [6.07, 6.45) is 1.91. The molecule has 0 unspecified atom stereocenters. The Hall–Kier alpha value is -3.58. The Balaban J connectivity index is 1.37. The predicted molar refractivity (Wildman–Crippen MR) is 125 cm³/mol. The van der Waals surface area contributed by atoms with Crippen molar-refractivity contribution in [3.8, 4) is 0 Å². The molecule has 5 rings (SSSR count). The minimum absolute atomic E-state index is 0.204. The summed E-state index contributed by atoms with van der Waals surface area (Å²) < 4.78 is 11.1. The van der Waals surface area contributed by atoms with E-state index < -0.39 is 11.6 Å². The second kappa shape index (κ2) is 8.75. The minimum atomic E-state index is -1.02. The highest BCUT2D eigenvalue weighted by Gasteiger charge is 2.45. The third-order valence-electron chi connectivity index (χ3n) is 6.04. The van der Waals surface area contributed by atoms with Gasteiger partial charge in [-0.3, -0.25) is 9.79 Å². The molecule has 0 radical (unpaired) electrons. The van der Waals surface area contributed by atoms with Crippen molar-refractivity contribution in [2.75, 3.05) is 18.4 Å². The Morgan fingerprint density at radius 2 is 1.91 bits per heavy atom.